The highest BCUT2D eigenvalue weighted by Crippen LogP contribution is 2.30. The van der Waals surface area contributed by atoms with E-state index < -0.39 is 0 Å². The van der Waals surface area contributed by atoms with Crippen molar-refractivity contribution in [3.8, 4) is 17.7 Å². The molecule has 2 aliphatic rings. The monoisotopic (exact) mass is 489 g/mol. The van der Waals surface area contributed by atoms with Gasteiger partial charge in [-0.1, -0.05) is 55.5 Å². The van der Waals surface area contributed by atoms with E-state index in [1.165, 1.54) is 0 Å². The van der Waals surface area contributed by atoms with E-state index in [1.54, 1.807) is 22.1 Å². The second kappa shape index (κ2) is 11.6. The molecule has 4 rings (SSSR count). The van der Waals surface area contributed by atoms with E-state index in [4.69, 9.17) is 4.74 Å². The Morgan fingerprint density at radius 3 is 2.72 bits per heavy atom. The molecule has 36 heavy (non-hydrogen) atoms. The fourth-order valence-electron chi connectivity index (χ4n) is 4.56. The largest absolute Gasteiger partial charge is 0.472 e. The molecule has 7 nitrogen and oxygen atoms in total. The molecule has 1 aromatic heterocycles. The third kappa shape index (κ3) is 5.88. The summed E-state index contributed by atoms with van der Waals surface area (Å²) in [5.74, 6) is 6.44. The van der Waals surface area contributed by atoms with Gasteiger partial charge in [-0.25, -0.2) is 4.98 Å². The van der Waals surface area contributed by atoms with Gasteiger partial charge in [0.25, 0.3) is 5.91 Å². The number of carbonyl (C=O) groups excluding carboxylic acids is 2. The second-order valence-electron chi connectivity index (χ2n) is 10.0. The molecule has 0 bridgehead atoms. The van der Waals surface area contributed by atoms with E-state index in [-0.39, 0.29) is 48.3 Å². The molecule has 0 saturated heterocycles. The Balaban J connectivity index is 1.60. The zero-order valence-electron chi connectivity index (χ0n) is 21.3. The van der Waals surface area contributed by atoms with Crippen LogP contribution in [0, 0.1) is 23.7 Å². The lowest BCUT2D eigenvalue weighted by Gasteiger charge is -2.38. The summed E-state index contributed by atoms with van der Waals surface area (Å²) in [4.78, 5) is 34.2. The van der Waals surface area contributed by atoms with Gasteiger partial charge < -0.3 is 19.6 Å². The van der Waals surface area contributed by atoms with E-state index in [0.717, 1.165) is 24.8 Å². The molecule has 1 aromatic carbocycles. The average Bonchev–Trinajstić information content (AvgIpc) is 2.85. The lowest BCUT2D eigenvalue weighted by molar-refractivity contribution is -0.138. The Kier molecular flexibility index (Phi) is 8.27. The number of amides is 2. The van der Waals surface area contributed by atoms with Crippen LogP contribution in [0.25, 0.3) is 0 Å². The van der Waals surface area contributed by atoms with Gasteiger partial charge in [-0.2, -0.15) is 0 Å². The number of hydrogen-bond donors (Lipinski definition) is 1. The number of likely N-dealkylation sites (N-methyl/N-ethyl adjacent to an activating group) is 1. The zero-order chi connectivity index (χ0) is 25.7. The molecule has 0 unspecified atom stereocenters. The molecule has 0 spiro atoms. The predicted molar refractivity (Wildman–Crippen MR) is 137 cm³/mol. The summed E-state index contributed by atoms with van der Waals surface area (Å²) in [6.45, 7) is 4.49. The van der Waals surface area contributed by atoms with Crippen LogP contribution in [0.4, 0.5) is 0 Å². The number of aliphatic hydroxyl groups excluding tert-OH is 1. The number of ether oxygens (including phenoxy) is 1. The van der Waals surface area contributed by atoms with Gasteiger partial charge in [0.05, 0.1) is 19.2 Å². The first-order valence-corrected chi connectivity index (χ1v) is 12.7. The fraction of sp³-hybridized carbons (Fsp3) is 0.483. The van der Waals surface area contributed by atoms with Gasteiger partial charge in [0.2, 0.25) is 11.8 Å². The highest BCUT2D eigenvalue weighted by Gasteiger charge is 2.36. The number of benzene rings is 1. The van der Waals surface area contributed by atoms with Crippen molar-refractivity contribution in [1.82, 2.24) is 14.8 Å². The summed E-state index contributed by atoms with van der Waals surface area (Å²) in [7, 11) is 1.81. The van der Waals surface area contributed by atoms with Crippen LogP contribution in [-0.2, 0) is 11.2 Å². The van der Waals surface area contributed by atoms with Gasteiger partial charge in [0.1, 0.15) is 11.7 Å². The molecular weight excluding hydrogens is 454 g/mol. The molecule has 0 radical (unpaired) electrons. The van der Waals surface area contributed by atoms with Crippen LogP contribution in [-0.4, -0.2) is 70.6 Å². The normalized spacial score (nSPS) is 20.6. The minimum Gasteiger partial charge on any atom is -0.472 e. The van der Waals surface area contributed by atoms with Crippen LogP contribution in [0.5, 0.6) is 5.88 Å². The van der Waals surface area contributed by atoms with Gasteiger partial charge in [-0.15, -0.1) is 0 Å². The van der Waals surface area contributed by atoms with Crippen LogP contribution in [0.3, 0.4) is 0 Å². The first-order chi connectivity index (χ1) is 17.4. The second-order valence-corrected chi connectivity index (χ2v) is 10.0. The van der Waals surface area contributed by atoms with Crippen molar-refractivity contribution in [1.29, 1.82) is 0 Å². The van der Waals surface area contributed by atoms with Crippen LogP contribution in [0.15, 0.2) is 42.6 Å². The minimum absolute atomic E-state index is 0.0696. The van der Waals surface area contributed by atoms with Crippen molar-refractivity contribution in [3.63, 3.8) is 0 Å². The SMILES string of the molecule is C[C@H](CO)N1C[C@H](C)[C@@H](CN(C)C(=O)C2CCC2)Oc2ncc(C#CCc3ccccc3)cc2C1=O. The van der Waals surface area contributed by atoms with Gasteiger partial charge in [-0.05, 0) is 31.4 Å². The first-order valence-electron chi connectivity index (χ1n) is 12.7. The molecule has 1 saturated carbocycles. The van der Waals surface area contributed by atoms with Gasteiger partial charge in [-0.3, -0.25) is 9.59 Å². The topological polar surface area (TPSA) is 83.0 Å². The number of fused-ring (bicyclic) bond motifs is 1. The Hall–Kier alpha value is -3.37. The van der Waals surface area contributed by atoms with Crippen molar-refractivity contribution >= 4 is 11.8 Å². The van der Waals surface area contributed by atoms with E-state index in [2.05, 4.69) is 16.8 Å². The third-order valence-corrected chi connectivity index (χ3v) is 7.17. The van der Waals surface area contributed by atoms with Crippen LogP contribution in [0.2, 0.25) is 0 Å². The number of pyridine rings is 1. The smallest absolute Gasteiger partial charge is 0.259 e. The Bertz CT molecular complexity index is 1140. The molecule has 1 aliphatic carbocycles. The number of hydrogen-bond acceptors (Lipinski definition) is 5. The fourth-order valence-corrected chi connectivity index (χ4v) is 4.56. The van der Waals surface area contributed by atoms with Gasteiger partial charge in [0, 0.05) is 43.6 Å². The number of aliphatic hydroxyl groups is 1. The van der Waals surface area contributed by atoms with Crippen LogP contribution in [0.1, 0.15) is 54.6 Å². The molecule has 1 aliphatic heterocycles. The molecule has 2 amide bonds. The van der Waals surface area contributed by atoms with Gasteiger partial charge >= 0.3 is 0 Å². The summed E-state index contributed by atoms with van der Waals surface area (Å²) in [5.41, 5.74) is 2.07. The predicted octanol–water partition coefficient (Wildman–Crippen LogP) is 3.15. The van der Waals surface area contributed by atoms with E-state index >= 15 is 0 Å². The summed E-state index contributed by atoms with van der Waals surface area (Å²) < 4.78 is 6.30. The van der Waals surface area contributed by atoms with Crippen LogP contribution >= 0.6 is 0 Å². The molecule has 2 heterocycles. The van der Waals surface area contributed by atoms with Crippen molar-refractivity contribution in [3.05, 3.63) is 59.3 Å². The summed E-state index contributed by atoms with van der Waals surface area (Å²) in [6.07, 6.45) is 4.86. The number of rotatable bonds is 6. The summed E-state index contributed by atoms with van der Waals surface area (Å²) >= 11 is 0. The zero-order valence-corrected chi connectivity index (χ0v) is 21.3. The lowest BCUT2D eigenvalue weighted by Crippen LogP contribution is -2.51. The van der Waals surface area contributed by atoms with Crippen molar-refractivity contribution in [2.24, 2.45) is 11.8 Å². The summed E-state index contributed by atoms with van der Waals surface area (Å²) in [5, 5.41) is 9.84. The Labute approximate surface area is 213 Å². The first kappa shape index (κ1) is 25.7. The van der Waals surface area contributed by atoms with Crippen LogP contribution < -0.4 is 4.74 Å². The van der Waals surface area contributed by atoms with Crippen molar-refractivity contribution in [2.75, 3.05) is 26.7 Å². The highest BCUT2D eigenvalue weighted by atomic mass is 16.5. The Morgan fingerprint density at radius 2 is 2.06 bits per heavy atom. The molecule has 2 aromatic rings. The lowest BCUT2D eigenvalue weighted by atomic mass is 9.84. The third-order valence-electron chi connectivity index (χ3n) is 7.17. The van der Waals surface area contributed by atoms with Crippen molar-refractivity contribution in [2.45, 2.75) is 51.7 Å². The molecule has 3 atom stereocenters. The van der Waals surface area contributed by atoms with E-state index in [9.17, 15) is 14.7 Å². The molecule has 1 N–H and O–H groups in total. The maximum absolute atomic E-state index is 13.5. The van der Waals surface area contributed by atoms with E-state index in [0.29, 0.717) is 30.6 Å². The molecule has 190 valence electrons. The summed E-state index contributed by atoms with van der Waals surface area (Å²) in [6, 6.07) is 11.3. The van der Waals surface area contributed by atoms with Gasteiger partial charge in [0.15, 0.2) is 0 Å². The molecular formula is C29H35N3O4. The molecule has 7 heteroatoms. The minimum atomic E-state index is -0.367. The average molecular weight is 490 g/mol. The van der Waals surface area contributed by atoms with E-state index in [1.807, 2.05) is 51.2 Å². The molecule has 1 fully saturated rings. The standard InChI is InChI=1S/C29H35N3O4/c1-20-17-32(21(2)19-33)29(35)25-15-23(12-7-11-22-9-5-4-6-10-22)16-30-27(25)36-26(20)18-31(3)28(34)24-13-8-14-24/h4-6,9-10,15-16,20-21,24,26,33H,8,11,13-14,17-19H2,1-3H3/t20-,21+,26+/m0/s1. The number of aromatic nitrogens is 1. The number of nitrogens with zero attached hydrogens (tertiary/aromatic N) is 3. The highest BCUT2D eigenvalue weighted by molar-refractivity contribution is 5.97. The maximum Gasteiger partial charge on any atom is 0.259 e. The number of carbonyl (C=O) groups is 2. The van der Waals surface area contributed by atoms with Crippen molar-refractivity contribution < 1.29 is 19.4 Å². The Morgan fingerprint density at radius 1 is 1.31 bits per heavy atom. The quantitative estimate of drug-likeness (QED) is 0.631. The maximum atomic E-state index is 13.5.